The molecule has 3 nitrogen and oxygen atoms in total. The molecular formula is C18H26N2O. The number of piperidine rings is 1. The van der Waals surface area contributed by atoms with Crippen molar-refractivity contribution in [3.63, 3.8) is 0 Å². The van der Waals surface area contributed by atoms with Gasteiger partial charge in [-0.25, -0.2) is 0 Å². The molecule has 0 spiro atoms. The second-order valence-electron chi connectivity index (χ2n) is 5.57. The van der Waals surface area contributed by atoms with Gasteiger partial charge in [0.2, 0.25) is 0 Å². The van der Waals surface area contributed by atoms with E-state index in [1.54, 1.807) is 7.11 Å². The van der Waals surface area contributed by atoms with Crippen LogP contribution in [-0.2, 0) is 6.54 Å². The van der Waals surface area contributed by atoms with E-state index in [9.17, 15) is 0 Å². The average molecular weight is 286 g/mol. The molecule has 1 fully saturated rings. The van der Waals surface area contributed by atoms with Crippen molar-refractivity contribution in [2.75, 3.05) is 20.2 Å². The number of nitrogens with two attached hydrogens (primary N) is 1. The lowest BCUT2D eigenvalue weighted by molar-refractivity contribution is 0.136. The zero-order valence-electron chi connectivity index (χ0n) is 13.2. The van der Waals surface area contributed by atoms with E-state index in [-0.39, 0.29) is 0 Å². The van der Waals surface area contributed by atoms with E-state index in [0.717, 1.165) is 23.9 Å². The zero-order valence-corrected chi connectivity index (χ0v) is 13.2. The van der Waals surface area contributed by atoms with Crippen molar-refractivity contribution in [2.45, 2.75) is 45.2 Å². The van der Waals surface area contributed by atoms with Crippen LogP contribution in [0.3, 0.4) is 0 Å². The van der Waals surface area contributed by atoms with Crippen molar-refractivity contribution in [1.29, 1.82) is 0 Å². The number of hydrogen-bond acceptors (Lipinski definition) is 3. The molecule has 1 aromatic carbocycles. The Bertz CT molecular complexity index is 516. The molecule has 0 amide bonds. The minimum Gasteiger partial charge on any atom is -0.495 e. The quantitative estimate of drug-likeness (QED) is 0.865. The maximum absolute atomic E-state index is 5.47. The topological polar surface area (TPSA) is 38.5 Å². The molecule has 3 heteroatoms. The summed E-state index contributed by atoms with van der Waals surface area (Å²) in [4.78, 5) is 2.60. The number of likely N-dealkylation sites (tertiary alicyclic amines) is 1. The Hall–Kier alpha value is -1.50. The van der Waals surface area contributed by atoms with Gasteiger partial charge in [0.25, 0.3) is 0 Å². The Kier molecular flexibility index (Phi) is 6.10. The van der Waals surface area contributed by atoms with E-state index in [1.807, 2.05) is 6.07 Å². The van der Waals surface area contributed by atoms with Crippen LogP contribution < -0.4 is 10.5 Å². The molecule has 0 radical (unpaired) electrons. The van der Waals surface area contributed by atoms with Crippen LogP contribution >= 0.6 is 0 Å². The summed E-state index contributed by atoms with van der Waals surface area (Å²) in [5, 5.41) is 0. The fourth-order valence-corrected chi connectivity index (χ4v) is 3.06. The van der Waals surface area contributed by atoms with Gasteiger partial charge in [0.1, 0.15) is 5.75 Å². The largest absolute Gasteiger partial charge is 0.495 e. The maximum Gasteiger partial charge on any atom is 0.134 e. The molecule has 1 atom stereocenters. The number of nitrogens with zero attached hydrogens (tertiary/aromatic N) is 1. The molecule has 1 aliphatic rings. The van der Waals surface area contributed by atoms with Gasteiger partial charge >= 0.3 is 0 Å². The van der Waals surface area contributed by atoms with Gasteiger partial charge in [-0.1, -0.05) is 31.3 Å². The Morgan fingerprint density at radius 1 is 1.38 bits per heavy atom. The first-order valence-electron chi connectivity index (χ1n) is 7.88. The molecule has 0 aromatic heterocycles. The molecule has 114 valence electrons. The van der Waals surface area contributed by atoms with Crippen LogP contribution in [-0.4, -0.2) is 31.1 Å². The van der Waals surface area contributed by atoms with Gasteiger partial charge in [-0.05, 0) is 43.5 Å². The summed E-state index contributed by atoms with van der Waals surface area (Å²) < 4.78 is 5.37. The van der Waals surface area contributed by atoms with Crippen molar-refractivity contribution < 1.29 is 4.74 Å². The molecule has 1 unspecified atom stereocenters. The lowest BCUT2D eigenvalue weighted by Gasteiger charge is -2.35. The SMILES string of the molecule is CCC1CCCCN1Cc1ccc(OC)c(C#CCN)c1. The van der Waals surface area contributed by atoms with E-state index in [4.69, 9.17) is 10.5 Å². The minimum absolute atomic E-state index is 0.372. The van der Waals surface area contributed by atoms with Crippen LogP contribution in [0.15, 0.2) is 18.2 Å². The highest BCUT2D eigenvalue weighted by Crippen LogP contribution is 2.24. The average Bonchev–Trinajstić information content (AvgIpc) is 2.53. The smallest absolute Gasteiger partial charge is 0.134 e. The van der Waals surface area contributed by atoms with Crippen molar-refractivity contribution in [3.8, 4) is 17.6 Å². The summed E-state index contributed by atoms with van der Waals surface area (Å²) >= 11 is 0. The summed E-state index contributed by atoms with van der Waals surface area (Å²) in [5.74, 6) is 6.85. The molecule has 0 saturated carbocycles. The summed E-state index contributed by atoms with van der Waals surface area (Å²) in [6.07, 6.45) is 5.24. The highest BCUT2D eigenvalue weighted by molar-refractivity contribution is 5.48. The van der Waals surface area contributed by atoms with Gasteiger partial charge < -0.3 is 10.5 Å². The predicted octanol–water partition coefficient (Wildman–Crippen LogP) is 2.77. The van der Waals surface area contributed by atoms with Crippen LogP contribution in [0.2, 0.25) is 0 Å². The number of methoxy groups -OCH3 is 1. The highest BCUT2D eigenvalue weighted by atomic mass is 16.5. The molecule has 21 heavy (non-hydrogen) atoms. The highest BCUT2D eigenvalue weighted by Gasteiger charge is 2.20. The Morgan fingerprint density at radius 3 is 2.95 bits per heavy atom. The van der Waals surface area contributed by atoms with Crippen LogP contribution in [0.5, 0.6) is 5.75 Å². The molecule has 2 rings (SSSR count). The minimum atomic E-state index is 0.372. The lowest BCUT2D eigenvalue weighted by Crippen LogP contribution is -2.38. The van der Waals surface area contributed by atoms with Gasteiger partial charge in [0.15, 0.2) is 0 Å². The molecule has 0 bridgehead atoms. The normalized spacial score (nSPS) is 18.9. The molecule has 1 saturated heterocycles. The Morgan fingerprint density at radius 2 is 2.24 bits per heavy atom. The van der Waals surface area contributed by atoms with Crippen LogP contribution in [0.1, 0.15) is 43.7 Å². The fourth-order valence-electron chi connectivity index (χ4n) is 3.06. The van der Waals surface area contributed by atoms with Crippen LogP contribution in [0.4, 0.5) is 0 Å². The second-order valence-corrected chi connectivity index (χ2v) is 5.57. The van der Waals surface area contributed by atoms with Crippen molar-refractivity contribution in [2.24, 2.45) is 5.73 Å². The van der Waals surface area contributed by atoms with E-state index in [1.165, 1.54) is 37.8 Å². The fraction of sp³-hybridized carbons (Fsp3) is 0.556. The summed E-state index contributed by atoms with van der Waals surface area (Å²) in [7, 11) is 1.68. The number of hydrogen-bond donors (Lipinski definition) is 1. The third kappa shape index (κ3) is 4.23. The van der Waals surface area contributed by atoms with Crippen LogP contribution in [0.25, 0.3) is 0 Å². The molecule has 0 aliphatic carbocycles. The summed E-state index contributed by atoms with van der Waals surface area (Å²) in [6.45, 7) is 4.86. The van der Waals surface area contributed by atoms with Crippen molar-refractivity contribution in [3.05, 3.63) is 29.3 Å². The number of benzene rings is 1. The Balaban J connectivity index is 2.16. The zero-order chi connectivity index (χ0) is 15.1. The van der Waals surface area contributed by atoms with Crippen LogP contribution in [0, 0.1) is 11.8 Å². The molecule has 2 N–H and O–H groups in total. The van der Waals surface area contributed by atoms with E-state index < -0.39 is 0 Å². The molecular weight excluding hydrogens is 260 g/mol. The lowest BCUT2D eigenvalue weighted by atomic mass is 9.99. The standard InChI is InChI=1S/C18H26N2O/c1-3-17-8-4-5-12-20(17)14-15-9-10-18(21-2)16(13-15)7-6-11-19/h9-10,13,17H,3-5,8,11-12,14,19H2,1-2H3. The first kappa shape index (κ1) is 15.9. The third-order valence-corrected chi connectivity index (χ3v) is 4.19. The van der Waals surface area contributed by atoms with E-state index >= 15 is 0 Å². The summed E-state index contributed by atoms with van der Waals surface area (Å²) in [6, 6.07) is 7.02. The number of rotatable bonds is 4. The molecule has 1 aliphatic heterocycles. The molecule has 1 aromatic rings. The van der Waals surface area contributed by atoms with Crippen molar-refractivity contribution in [1.82, 2.24) is 4.90 Å². The Labute approximate surface area is 128 Å². The first-order chi connectivity index (χ1) is 10.3. The van der Waals surface area contributed by atoms with Gasteiger partial charge in [-0.2, -0.15) is 0 Å². The third-order valence-electron chi connectivity index (χ3n) is 4.19. The number of ether oxygens (including phenoxy) is 1. The van der Waals surface area contributed by atoms with Gasteiger partial charge in [-0.3, -0.25) is 4.90 Å². The monoisotopic (exact) mass is 286 g/mol. The second kappa shape index (κ2) is 8.07. The van der Waals surface area contributed by atoms with E-state index in [0.29, 0.717) is 6.54 Å². The first-order valence-corrected chi connectivity index (χ1v) is 7.88. The molecule has 1 heterocycles. The van der Waals surface area contributed by atoms with Gasteiger partial charge in [0.05, 0.1) is 19.2 Å². The van der Waals surface area contributed by atoms with Gasteiger partial charge in [-0.15, -0.1) is 0 Å². The predicted molar refractivity (Wildman–Crippen MR) is 87.3 cm³/mol. The summed E-state index contributed by atoms with van der Waals surface area (Å²) in [5.41, 5.74) is 7.71. The van der Waals surface area contributed by atoms with Crippen molar-refractivity contribution >= 4 is 0 Å². The van der Waals surface area contributed by atoms with Gasteiger partial charge in [0, 0.05) is 12.6 Å². The maximum atomic E-state index is 5.47. The van der Waals surface area contributed by atoms with E-state index in [2.05, 4.69) is 35.8 Å².